The van der Waals surface area contributed by atoms with E-state index < -0.39 is 52.4 Å². The molecule has 0 spiro atoms. The zero-order valence-electron chi connectivity index (χ0n) is 16.8. The normalized spacial score (nSPS) is 12.0. The first kappa shape index (κ1) is 25.4. The highest BCUT2D eigenvalue weighted by Gasteiger charge is 2.61. The Hall–Kier alpha value is -3.20. The molecule has 2 aromatic heterocycles. The molecular formula is C19H13F7N4O2S2. The van der Waals surface area contributed by atoms with E-state index in [0.717, 1.165) is 28.1 Å². The maximum absolute atomic E-state index is 14.6. The van der Waals surface area contributed by atoms with Crippen LogP contribution in [-0.2, 0) is 17.1 Å². The lowest BCUT2D eigenvalue weighted by molar-refractivity contribution is -0.291. The van der Waals surface area contributed by atoms with Crippen molar-refractivity contribution >= 4 is 44.6 Å². The largest absolute Gasteiger partial charge is 0.458 e. The van der Waals surface area contributed by atoms with Gasteiger partial charge in [0.1, 0.15) is 17.2 Å². The van der Waals surface area contributed by atoms with E-state index in [4.69, 9.17) is 5.73 Å². The van der Waals surface area contributed by atoms with E-state index in [1.54, 1.807) is 0 Å². The van der Waals surface area contributed by atoms with E-state index in [-0.39, 0.29) is 28.2 Å². The zero-order valence-corrected chi connectivity index (χ0v) is 18.5. The second kappa shape index (κ2) is 9.21. The van der Waals surface area contributed by atoms with Gasteiger partial charge in [-0.1, -0.05) is 0 Å². The SMILES string of the molecule is CNC(=O)c1c(CC(=O)Nc2nc(-c3ccc(F)c(C(F)(F)C(F)(F)F)c3F)cs2)csc1N. The van der Waals surface area contributed by atoms with Gasteiger partial charge in [-0.05, 0) is 23.1 Å². The fraction of sp³-hybridized carbons (Fsp3) is 0.211. The van der Waals surface area contributed by atoms with Crippen LogP contribution in [0, 0.1) is 11.6 Å². The highest BCUT2D eigenvalue weighted by atomic mass is 32.1. The average Bonchev–Trinajstić information content (AvgIpc) is 3.33. The van der Waals surface area contributed by atoms with Crippen molar-refractivity contribution in [3.05, 3.63) is 51.2 Å². The minimum atomic E-state index is -6.23. The summed E-state index contributed by atoms with van der Waals surface area (Å²) in [4.78, 5) is 28.1. The Morgan fingerprint density at radius 2 is 1.76 bits per heavy atom. The van der Waals surface area contributed by atoms with Gasteiger partial charge >= 0.3 is 12.1 Å². The fourth-order valence-corrected chi connectivity index (χ4v) is 4.43. The Labute approximate surface area is 194 Å². The van der Waals surface area contributed by atoms with Crippen LogP contribution in [0.4, 0.5) is 40.9 Å². The lowest BCUT2D eigenvalue weighted by Gasteiger charge is -2.21. The van der Waals surface area contributed by atoms with Crippen molar-refractivity contribution in [1.29, 1.82) is 0 Å². The van der Waals surface area contributed by atoms with Gasteiger partial charge in [0, 0.05) is 18.0 Å². The number of nitrogen functional groups attached to an aromatic ring is 1. The lowest BCUT2D eigenvalue weighted by Crippen LogP contribution is -2.35. The Morgan fingerprint density at radius 1 is 1.09 bits per heavy atom. The van der Waals surface area contributed by atoms with Gasteiger partial charge in [-0.25, -0.2) is 13.8 Å². The molecular weight excluding hydrogens is 513 g/mol. The molecule has 0 aliphatic rings. The summed E-state index contributed by atoms with van der Waals surface area (Å²) in [6, 6.07) is 0.928. The van der Waals surface area contributed by atoms with Crippen LogP contribution in [0.2, 0.25) is 0 Å². The first-order chi connectivity index (χ1) is 15.8. The molecule has 0 aliphatic carbocycles. The number of thiophene rings is 1. The van der Waals surface area contributed by atoms with Crippen LogP contribution in [-0.4, -0.2) is 30.0 Å². The maximum Gasteiger partial charge on any atom is 0.458 e. The highest BCUT2D eigenvalue weighted by Crippen LogP contribution is 2.47. The van der Waals surface area contributed by atoms with Crippen molar-refractivity contribution in [3.8, 4) is 11.3 Å². The molecule has 0 saturated heterocycles. The summed E-state index contributed by atoms with van der Waals surface area (Å²) in [6.45, 7) is 0. The monoisotopic (exact) mass is 526 g/mol. The van der Waals surface area contributed by atoms with Crippen LogP contribution >= 0.6 is 22.7 Å². The van der Waals surface area contributed by atoms with Gasteiger partial charge in [0.25, 0.3) is 5.91 Å². The molecule has 0 unspecified atom stereocenters. The second-order valence-corrected chi connectivity index (χ2v) is 8.47. The number of benzene rings is 1. The minimum Gasteiger partial charge on any atom is -0.390 e. The zero-order chi connectivity index (χ0) is 25.4. The average molecular weight is 526 g/mol. The van der Waals surface area contributed by atoms with Gasteiger partial charge in [0.2, 0.25) is 5.91 Å². The number of nitrogens with one attached hydrogen (secondary N) is 2. The number of carbonyl (C=O) groups is 2. The quantitative estimate of drug-likeness (QED) is 0.397. The molecule has 1 aromatic carbocycles. The van der Waals surface area contributed by atoms with E-state index in [1.165, 1.54) is 12.4 Å². The number of hydrogen-bond donors (Lipinski definition) is 3. The summed E-state index contributed by atoms with van der Waals surface area (Å²) in [5.41, 5.74) is 2.51. The highest BCUT2D eigenvalue weighted by molar-refractivity contribution is 7.14. The summed E-state index contributed by atoms with van der Waals surface area (Å²) in [5, 5.41) is 7.37. The van der Waals surface area contributed by atoms with Gasteiger partial charge in [-0.3, -0.25) is 9.59 Å². The Kier molecular flexibility index (Phi) is 6.89. The first-order valence-electron chi connectivity index (χ1n) is 9.04. The Morgan fingerprint density at radius 3 is 2.38 bits per heavy atom. The molecule has 0 saturated carbocycles. The molecule has 3 aromatic rings. The van der Waals surface area contributed by atoms with E-state index >= 15 is 0 Å². The number of carbonyl (C=O) groups excluding carboxylic acids is 2. The van der Waals surface area contributed by atoms with Gasteiger partial charge in [-0.2, -0.15) is 22.0 Å². The minimum absolute atomic E-state index is 0.119. The molecule has 6 nitrogen and oxygen atoms in total. The van der Waals surface area contributed by atoms with E-state index in [9.17, 15) is 40.3 Å². The molecule has 4 N–H and O–H groups in total. The third-order valence-electron chi connectivity index (χ3n) is 4.49. The van der Waals surface area contributed by atoms with Crippen LogP contribution in [0.1, 0.15) is 21.5 Å². The Bertz CT molecular complexity index is 1250. The number of thiazole rings is 1. The first-order valence-corrected chi connectivity index (χ1v) is 10.8. The molecule has 0 atom stereocenters. The third-order valence-corrected chi connectivity index (χ3v) is 6.11. The van der Waals surface area contributed by atoms with Crippen LogP contribution in [0.3, 0.4) is 0 Å². The van der Waals surface area contributed by atoms with Crippen LogP contribution in [0.25, 0.3) is 11.3 Å². The molecule has 0 radical (unpaired) electrons. The second-order valence-electron chi connectivity index (χ2n) is 6.70. The number of amides is 2. The summed E-state index contributed by atoms with van der Waals surface area (Å²) >= 11 is 1.76. The molecule has 2 amide bonds. The van der Waals surface area contributed by atoms with Crippen LogP contribution in [0.5, 0.6) is 0 Å². The topological polar surface area (TPSA) is 97.1 Å². The van der Waals surface area contributed by atoms with Crippen LogP contribution < -0.4 is 16.4 Å². The standard InChI is InChI=1S/C19H13F7N4O2S2/c1-28-16(32)12-7(5-33-15(12)27)4-11(31)30-17-29-10(6-34-17)8-2-3-9(20)13(14(8)21)18(22,23)19(24,25)26/h2-3,5-6H,4,27H2,1H3,(H,28,32)(H,29,30,31). The number of hydrogen-bond acceptors (Lipinski definition) is 6. The molecule has 0 fully saturated rings. The van der Waals surface area contributed by atoms with Gasteiger partial charge < -0.3 is 16.4 Å². The van der Waals surface area contributed by atoms with Crippen molar-refractivity contribution in [3.63, 3.8) is 0 Å². The number of rotatable bonds is 6. The molecule has 0 bridgehead atoms. The molecule has 182 valence electrons. The van der Waals surface area contributed by atoms with Crippen molar-refractivity contribution in [1.82, 2.24) is 10.3 Å². The van der Waals surface area contributed by atoms with Gasteiger partial charge in [0.05, 0.1) is 22.7 Å². The number of alkyl halides is 5. The predicted molar refractivity (Wildman–Crippen MR) is 112 cm³/mol. The summed E-state index contributed by atoms with van der Waals surface area (Å²) in [7, 11) is 1.38. The maximum atomic E-state index is 14.6. The number of nitrogens with zero attached hydrogens (tertiary/aromatic N) is 1. The molecule has 3 rings (SSSR count). The predicted octanol–water partition coefficient (Wildman–Crippen LogP) is 4.93. The van der Waals surface area contributed by atoms with Gasteiger partial charge in [-0.15, -0.1) is 22.7 Å². The number of aromatic nitrogens is 1. The van der Waals surface area contributed by atoms with Gasteiger partial charge in [0.15, 0.2) is 5.13 Å². The van der Waals surface area contributed by atoms with Crippen molar-refractivity contribution < 1.29 is 40.3 Å². The number of halogens is 7. The summed E-state index contributed by atoms with van der Waals surface area (Å²) in [6.07, 6.45) is -6.52. The summed E-state index contributed by atoms with van der Waals surface area (Å²) in [5.74, 6) is -11.2. The van der Waals surface area contributed by atoms with E-state index in [1.807, 2.05) is 0 Å². The molecule has 2 heterocycles. The molecule has 34 heavy (non-hydrogen) atoms. The summed E-state index contributed by atoms with van der Waals surface area (Å²) < 4.78 is 93.6. The number of anilines is 2. The van der Waals surface area contributed by atoms with Crippen molar-refractivity contribution in [2.24, 2.45) is 0 Å². The number of nitrogens with two attached hydrogens (primary N) is 1. The van der Waals surface area contributed by atoms with Crippen molar-refractivity contribution in [2.45, 2.75) is 18.5 Å². The lowest BCUT2D eigenvalue weighted by atomic mass is 10.0. The molecule has 0 aliphatic heterocycles. The van der Waals surface area contributed by atoms with Crippen LogP contribution in [0.15, 0.2) is 22.9 Å². The Balaban J connectivity index is 1.85. The van der Waals surface area contributed by atoms with E-state index in [0.29, 0.717) is 11.6 Å². The molecule has 15 heteroatoms. The third kappa shape index (κ3) is 4.70. The smallest absolute Gasteiger partial charge is 0.390 e. The fourth-order valence-electron chi connectivity index (χ4n) is 2.89. The van der Waals surface area contributed by atoms with E-state index in [2.05, 4.69) is 15.6 Å². The van der Waals surface area contributed by atoms with Crippen molar-refractivity contribution in [2.75, 3.05) is 18.1 Å².